The maximum Gasteiger partial charge on any atom is 0.263 e. The van der Waals surface area contributed by atoms with E-state index in [2.05, 4.69) is 35.9 Å². The van der Waals surface area contributed by atoms with Gasteiger partial charge in [0.05, 0.1) is 18.1 Å². The Balaban J connectivity index is 2.30. The molecule has 2 rings (SSSR count). The molecule has 20 heavy (non-hydrogen) atoms. The molecule has 1 aromatic heterocycles. The van der Waals surface area contributed by atoms with Crippen LogP contribution in [0.15, 0.2) is 46.3 Å². The van der Waals surface area contributed by atoms with E-state index in [0.29, 0.717) is 16.7 Å². The Morgan fingerprint density at radius 1 is 1.25 bits per heavy atom. The standard InChI is InChI=1S/C12H13BrN4O2S/c1-14-5-9-2-3-12(11(13)4-9)20(18,19)17-10-6-15-8-16-7-10/h2-4,6-8,14,17H,5H2,1H3. The van der Waals surface area contributed by atoms with Gasteiger partial charge in [-0.2, -0.15) is 0 Å². The van der Waals surface area contributed by atoms with Gasteiger partial charge in [0.1, 0.15) is 11.2 Å². The zero-order valence-corrected chi connectivity index (χ0v) is 13.1. The summed E-state index contributed by atoms with van der Waals surface area (Å²) in [5.74, 6) is 0. The molecule has 106 valence electrons. The van der Waals surface area contributed by atoms with Gasteiger partial charge in [-0.15, -0.1) is 0 Å². The summed E-state index contributed by atoms with van der Waals surface area (Å²) in [6.07, 6.45) is 4.13. The fourth-order valence-corrected chi connectivity index (χ4v) is 3.79. The summed E-state index contributed by atoms with van der Waals surface area (Å²) in [6.45, 7) is 0.666. The molecule has 0 aliphatic rings. The quantitative estimate of drug-likeness (QED) is 0.852. The van der Waals surface area contributed by atoms with Crippen molar-refractivity contribution in [2.45, 2.75) is 11.4 Å². The molecule has 1 aromatic carbocycles. The maximum absolute atomic E-state index is 12.3. The van der Waals surface area contributed by atoms with Crippen LogP contribution in [-0.4, -0.2) is 25.4 Å². The van der Waals surface area contributed by atoms with Crippen LogP contribution in [0.4, 0.5) is 5.69 Å². The normalized spacial score (nSPS) is 11.3. The molecule has 0 saturated heterocycles. The Kier molecular flexibility index (Phi) is 4.69. The molecule has 0 aliphatic carbocycles. The van der Waals surface area contributed by atoms with Gasteiger partial charge in [-0.25, -0.2) is 18.4 Å². The Hall–Kier alpha value is -1.51. The molecule has 6 nitrogen and oxygen atoms in total. The molecule has 0 atom stereocenters. The third-order valence-electron chi connectivity index (χ3n) is 2.48. The van der Waals surface area contributed by atoms with Gasteiger partial charge in [-0.3, -0.25) is 4.72 Å². The summed E-state index contributed by atoms with van der Waals surface area (Å²) in [5, 5.41) is 3.01. The first kappa shape index (κ1) is 14.9. The van der Waals surface area contributed by atoms with Crippen LogP contribution in [0.25, 0.3) is 0 Å². The minimum Gasteiger partial charge on any atom is -0.316 e. The number of hydrogen-bond donors (Lipinski definition) is 2. The van der Waals surface area contributed by atoms with Crippen LogP contribution < -0.4 is 10.0 Å². The highest BCUT2D eigenvalue weighted by molar-refractivity contribution is 9.10. The van der Waals surface area contributed by atoms with E-state index >= 15 is 0 Å². The van der Waals surface area contributed by atoms with Gasteiger partial charge < -0.3 is 5.32 Å². The second-order valence-corrected chi connectivity index (χ2v) is 6.53. The smallest absolute Gasteiger partial charge is 0.263 e. The molecule has 0 saturated carbocycles. The van der Waals surface area contributed by atoms with E-state index < -0.39 is 10.0 Å². The number of nitrogens with zero attached hydrogens (tertiary/aromatic N) is 2. The Morgan fingerprint density at radius 2 is 1.95 bits per heavy atom. The van der Waals surface area contributed by atoms with Gasteiger partial charge in [0.15, 0.2) is 0 Å². The molecule has 1 heterocycles. The Morgan fingerprint density at radius 3 is 2.55 bits per heavy atom. The number of halogens is 1. The molecule has 8 heteroatoms. The zero-order valence-electron chi connectivity index (χ0n) is 10.7. The number of benzene rings is 1. The third kappa shape index (κ3) is 3.53. The van der Waals surface area contributed by atoms with Crippen molar-refractivity contribution in [2.24, 2.45) is 0 Å². The van der Waals surface area contributed by atoms with E-state index in [0.717, 1.165) is 5.56 Å². The predicted octanol–water partition coefficient (Wildman–Crippen LogP) is 1.76. The lowest BCUT2D eigenvalue weighted by molar-refractivity contribution is 0.600. The van der Waals surface area contributed by atoms with Gasteiger partial charge in [0, 0.05) is 11.0 Å². The van der Waals surface area contributed by atoms with Crippen LogP contribution in [-0.2, 0) is 16.6 Å². The first-order valence-corrected chi connectivity index (χ1v) is 8.01. The third-order valence-corrected chi connectivity index (χ3v) is 4.84. The Bertz CT molecular complexity index is 692. The zero-order chi connectivity index (χ0) is 14.6. The topological polar surface area (TPSA) is 84.0 Å². The molecule has 0 radical (unpaired) electrons. The monoisotopic (exact) mass is 356 g/mol. The largest absolute Gasteiger partial charge is 0.316 e. The maximum atomic E-state index is 12.3. The van der Waals surface area contributed by atoms with Crippen LogP contribution in [0.5, 0.6) is 0 Å². The van der Waals surface area contributed by atoms with Gasteiger partial charge in [-0.05, 0) is 40.7 Å². The minimum atomic E-state index is -3.67. The van der Waals surface area contributed by atoms with Crippen molar-refractivity contribution in [3.8, 4) is 0 Å². The lowest BCUT2D eigenvalue weighted by Gasteiger charge is -2.10. The lowest BCUT2D eigenvalue weighted by atomic mass is 10.2. The SMILES string of the molecule is CNCc1ccc(S(=O)(=O)Nc2cncnc2)c(Br)c1. The van der Waals surface area contributed by atoms with Crippen LogP contribution in [0.3, 0.4) is 0 Å². The number of sulfonamides is 1. The molecular formula is C12H13BrN4O2S. The molecule has 0 bridgehead atoms. The lowest BCUT2D eigenvalue weighted by Crippen LogP contribution is -2.14. The van der Waals surface area contributed by atoms with Crippen molar-refractivity contribution < 1.29 is 8.42 Å². The molecule has 0 fully saturated rings. The van der Waals surface area contributed by atoms with E-state index in [1.54, 1.807) is 18.2 Å². The molecule has 0 aliphatic heterocycles. The molecule has 0 amide bonds. The van der Waals surface area contributed by atoms with Crippen LogP contribution in [0.2, 0.25) is 0 Å². The van der Waals surface area contributed by atoms with E-state index in [9.17, 15) is 8.42 Å². The summed E-state index contributed by atoms with van der Waals surface area (Å²) >= 11 is 3.29. The van der Waals surface area contributed by atoms with Crippen molar-refractivity contribution in [1.82, 2.24) is 15.3 Å². The summed E-state index contributed by atoms with van der Waals surface area (Å²) in [5.41, 5.74) is 1.31. The van der Waals surface area contributed by atoms with Crippen molar-refractivity contribution in [2.75, 3.05) is 11.8 Å². The molecule has 0 unspecified atom stereocenters. The number of hydrogen-bond acceptors (Lipinski definition) is 5. The van der Waals surface area contributed by atoms with Gasteiger partial charge in [-0.1, -0.05) is 6.07 Å². The number of anilines is 1. The van der Waals surface area contributed by atoms with E-state index in [4.69, 9.17) is 0 Å². The first-order chi connectivity index (χ1) is 9.53. The average Bonchev–Trinajstić information content (AvgIpc) is 2.39. The van der Waals surface area contributed by atoms with Crippen LogP contribution in [0.1, 0.15) is 5.56 Å². The number of rotatable bonds is 5. The number of aromatic nitrogens is 2. The minimum absolute atomic E-state index is 0.168. The summed E-state index contributed by atoms with van der Waals surface area (Å²) in [7, 11) is -1.84. The summed E-state index contributed by atoms with van der Waals surface area (Å²) in [6, 6.07) is 5.09. The first-order valence-electron chi connectivity index (χ1n) is 5.74. The van der Waals surface area contributed by atoms with Crippen molar-refractivity contribution >= 4 is 31.6 Å². The number of nitrogens with one attached hydrogen (secondary N) is 2. The molecule has 2 aromatic rings. The van der Waals surface area contributed by atoms with Crippen molar-refractivity contribution in [3.63, 3.8) is 0 Å². The highest BCUT2D eigenvalue weighted by Crippen LogP contribution is 2.25. The van der Waals surface area contributed by atoms with E-state index in [1.807, 2.05) is 7.05 Å². The van der Waals surface area contributed by atoms with Crippen LogP contribution in [0, 0.1) is 0 Å². The predicted molar refractivity (Wildman–Crippen MR) is 79.7 cm³/mol. The highest BCUT2D eigenvalue weighted by atomic mass is 79.9. The van der Waals surface area contributed by atoms with Crippen molar-refractivity contribution in [3.05, 3.63) is 47.0 Å². The van der Waals surface area contributed by atoms with E-state index in [-0.39, 0.29) is 4.90 Å². The highest BCUT2D eigenvalue weighted by Gasteiger charge is 2.18. The molecule has 2 N–H and O–H groups in total. The van der Waals surface area contributed by atoms with Crippen molar-refractivity contribution in [1.29, 1.82) is 0 Å². The summed E-state index contributed by atoms with van der Waals surface area (Å²) in [4.78, 5) is 7.70. The van der Waals surface area contributed by atoms with E-state index in [1.165, 1.54) is 18.7 Å². The van der Waals surface area contributed by atoms with Gasteiger partial charge in [0.2, 0.25) is 0 Å². The van der Waals surface area contributed by atoms with Gasteiger partial charge in [0.25, 0.3) is 10.0 Å². The second-order valence-electron chi connectivity index (χ2n) is 4.03. The summed E-state index contributed by atoms with van der Waals surface area (Å²) < 4.78 is 27.5. The van der Waals surface area contributed by atoms with Gasteiger partial charge >= 0.3 is 0 Å². The fourth-order valence-electron chi connectivity index (χ4n) is 1.64. The van der Waals surface area contributed by atoms with Crippen LogP contribution >= 0.6 is 15.9 Å². The molecular weight excluding hydrogens is 344 g/mol. The second kappa shape index (κ2) is 6.29. The Labute approximate surface area is 125 Å². The molecule has 0 spiro atoms. The fraction of sp³-hybridized carbons (Fsp3) is 0.167. The average molecular weight is 357 g/mol.